The van der Waals surface area contributed by atoms with Gasteiger partial charge in [-0.05, 0) is 76.5 Å². The molecular formula is C25H19BrFNO3S2. The number of amides is 1. The highest BCUT2D eigenvalue weighted by molar-refractivity contribution is 9.10. The number of carbonyl (C=O) groups is 1. The Morgan fingerprint density at radius 3 is 2.61 bits per heavy atom. The number of aryl methyl sites for hydroxylation is 1. The first-order chi connectivity index (χ1) is 15.9. The molecule has 0 radical (unpaired) electrons. The van der Waals surface area contributed by atoms with Crippen LogP contribution in [0.3, 0.4) is 0 Å². The number of hydrogen-bond donors (Lipinski definition) is 0. The van der Waals surface area contributed by atoms with Crippen LogP contribution in [0.15, 0.2) is 70.0 Å². The fourth-order valence-electron chi connectivity index (χ4n) is 3.28. The molecule has 4 rings (SSSR count). The zero-order chi connectivity index (χ0) is 23.5. The van der Waals surface area contributed by atoms with Crippen molar-refractivity contribution in [2.75, 3.05) is 12.0 Å². The van der Waals surface area contributed by atoms with Crippen molar-refractivity contribution in [3.8, 4) is 11.5 Å². The molecule has 4 nitrogen and oxygen atoms in total. The zero-order valence-corrected chi connectivity index (χ0v) is 21.0. The molecule has 1 amide bonds. The number of halogens is 2. The minimum absolute atomic E-state index is 0.171. The molecule has 1 saturated heterocycles. The molecule has 8 heteroatoms. The van der Waals surface area contributed by atoms with Gasteiger partial charge in [0.15, 0.2) is 15.8 Å². The third-order valence-electron chi connectivity index (χ3n) is 4.91. The lowest BCUT2D eigenvalue weighted by atomic mass is 10.1. The standard InChI is InChI=1S/C25H19BrFNO3S2/c1-15-6-8-19(9-7-15)28-24(29)22(33-25(28)32)13-17-11-20(26)23(21(12-17)30-2)31-14-16-4-3-5-18(27)10-16/h3-13H,14H2,1-2H3/b22-13-. The van der Waals surface area contributed by atoms with Crippen LogP contribution in [0, 0.1) is 12.7 Å². The summed E-state index contributed by atoms with van der Waals surface area (Å²) >= 11 is 10.2. The van der Waals surface area contributed by atoms with E-state index in [9.17, 15) is 9.18 Å². The van der Waals surface area contributed by atoms with E-state index < -0.39 is 0 Å². The largest absolute Gasteiger partial charge is 0.493 e. The Kier molecular flexibility index (Phi) is 7.17. The summed E-state index contributed by atoms with van der Waals surface area (Å²) in [5.74, 6) is 0.489. The van der Waals surface area contributed by atoms with E-state index in [1.807, 2.05) is 37.3 Å². The van der Waals surface area contributed by atoms with Crippen molar-refractivity contribution in [1.82, 2.24) is 0 Å². The number of carbonyl (C=O) groups excluding carboxylic acids is 1. The smallest absolute Gasteiger partial charge is 0.270 e. The van der Waals surface area contributed by atoms with Gasteiger partial charge in [-0.3, -0.25) is 9.69 Å². The lowest BCUT2D eigenvalue weighted by molar-refractivity contribution is -0.113. The summed E-state index contributed by atoms with van der Waals surface area (Å²) in [6.07, 6.45) is 1.77. The average molecular weight is 544 g/mol. The van der Waals surface area contributed by atoms with Gasteiger partial charge >= 0.3 is 0 Å². The Bertz CT molecular complexity index is 1260. The Hall–Kier alpha value is -2.68. The van der Waals surface area contributed by atoms with Crippen molar-refractivity contribution in [3.05, 3.63) is 92.5 Å². The SMILES string of the molecule is COc1cc(/C=C2\SC(=S)N(c3ccc(C)cc3)C2=O)cc(Br)c1OCc1cccc(F)c1. The van der Waals surface area contributed by atoms with Crippen molar-refractivity contribution in [3.63, 3.8) is 0 Å². The number of thioether (sulfide) groups is 1. The van der Waals surface area contributed by atoms with Crippen LogP contribution in [0.2, 0.25) is 0 Å². The van der Waals surface area contributed by atoms with Gasteiger partial charge in [-0.2, -0.15) is 0 Å². The molecule has 1 heterocycles. The second-order valence-corrected chi connectivity index (χ2v) is 9.84. The van der Waals surface area contributed by atoms with Gasteiger partial charge in [-0.25, -0.2) is 4.39 Å². The fourth-order valence-corrected chi connectivity index (χ4v) is 5.15. The highest BCUT2D eigenvalue weighted by Gasteiger charge is 2.33. The Morgan fingerprint density at radius 2 is 1.91 bits per heavy atom. The van der Waals surface area contributed by atoms with Crippen LogP contribution >= 0.6 is 39.9 Å². The second kappa shape index (κ2) is 10.1. The third kappa shape index (κ3) is 5.29. The van der Waals surface area contributed by atoms with E-state index in [4.69, 9.17) is 21.7 Å². The number of rotatable bonds is 6. The number of anilines is 1. The normalized spacial score (nSPS) is 14.8. The predicted octanol–water partition coefficient (Wildman–Crippen LogP) is 6.89. The highest BCUT2D eigenvalue weighted by atomic mass is 79.9. The highest BCUT2D eigenvalue weighted by Crippen LogP contribution is 2.40. The molecule has 1 fully saturated rings. The maximum Gasteiger partial charge on any atom is 0.270 e. The molecular weight excluding hydrogens is 525 g/mol. The molecule has 3 aromatic carbocycles. The summed E-state index contributed by atoms with van der Waals surface area (Å²) in [6, 6.07) is 17.5. The summed E-state index contributed by atoms with van der Waals surface area (Å²) in [4.78, 5) is 15.1. The van der Waals surface area contributed by atoms with Gasteiger partial charge in [-0.1, -0.05) is 53.8 Å². The molecule has 0 aliphatic carbocycles. The first kappa shape index (κ1) is 23.5. The fraction of sp³-hybridized carbons (Fsp3) is 0.120. The molecule has 33 heavy (non-hydrogen) atoms. The molecule has 0 unspecified atom stereocenters. The van der Waals surface area contributed by atoms with Gasteiger partial charge in [0.1, 0.15) is 12.4 Å². The molecule has 1 aliphatic rings. The lowest BCUT2D eigenvalue weighted by Crippen LogP contribution is -2.27. The summed E-state index contributed by atoms with van der Waals surface area (Å²) in [5.41, 5.74) is 3.30. The maximum atomic E-state index is 13.4. The number of nitrogens with zero attached hydrogens (tertiary/aromatic N) is 1. The van der Waals surface area contributed by atoms with E-state index in [0.717, 1.165) is 16.8 Å². The quantitative estimate of drug-likeness (QED) is 0.250. The minimum atomic E-state index is -0.319. The van der Waals surface area contributed by atoms with E-state index in [2.05, 4.69) is 15.9 Å². The van der Waals surface area contributed by atoms with Gasteiger partial charge in [0.2, 0.25) is 0 Å². The molecule has 0 N–H and O–H groups in total. The molecule has 168 valence electrons. The average Bonchev–Trinajstić information content (AvgIpc) is 3.06. The van der Waals surface area contributed by atoms with Gasteiger partial charge in [0, 0.05) is 0 Å². The third-order valence-corrected chi connectivity index (χ3v) is 6.80. The van der Waals surface area contributed by atoms with Gasteiger partial charge in [0.25, 0.3) is 5.91 Å². The van der Waals surface area contributed by atoms with Crippen molar-refractivity contribution >= 4 is 61.9 Å². The molecule has 0 spiro atoms. The van der Waals surface area contributed by atoms with Gasteiger partial charge < -0.3 is 9.47 Å². The maximum absolute atomic E-state index is 13.4. The number of hydrogen-bond acceptors (Lipinski definition) is 5. The molecule has 1 aliphatic heterocycles. The molecule has 0 aromatic heterocycles. The van der Waals surface area contributed by atoms with Crippen LogP contribution in [0.4, 0.5) is 10.1 Å². The number of benzene rings is 3. The Balaban J connectivity index is 1.58. The second-order valence-electron chi connectivity index (χ2n) is 7.31. The van der Waals surface area contributed by atoms with Crippen LogP contribution in [-0.2, 0) is 11.4 Å². The lowest BCUT2D eigenvalue weighted by Gasteiger charge is -2.15. The summed E-state index contributed by atoms with van der Waals surface area (Å²) < 4.78 is 26.0. The van der Waals surface area contributed by atoms with Crippen LogP contribution < -0.4 is 14.4 Å². The Morgan fingerprint density at radius 1 is 1.15 bits per heavy atom. The molecule has 0 saturated carbocycles. The first-order valence-corrected chi connectivity index (χ1v) is 12.0. The predicted molar refractivity (Wildman–Crippen MR) is 138 cm³/mol. The van der Waals surface area contributed by atoms with Crippen LogP contribution in [0.1, 0.15) is 16.7 Å². The van der Waals surface area contributed by atoms with Crippen molar-refractivity contribution in [1.29, 1.82) is 0 Å². The van der Waals surface area contributed by atoms with E-state index in [1.54, 1.807) is 24.3 Å². The first-order valence-electron chi connectivity index (χ1n) is 9.95. The van der Waals surface area contributed by atoms with E-state index >= 15 is 0 Å². The number of ether oxygens (including phenoxy) is 2. The molecule has 0 bridgehead atoms. The van der Waals surface area contributed by atoms with Crippen LogP contribution in [0.5, 0.6) is 11.5 Å². The minimum Gasteiger partial charge on any atom is -0.493 e. The van der Waals surface area contributed by atoms with E-state index in [-0.39, 0.29) is 18.3 Å². The van der Waals surface area contributed by atoms with E-state index in [1.165, 1.54) is 35.9 Å². The monoisotopic (exact) mass is 543 g/mol. The van der Waals surface area contributed by atoms with Gasteiger partial charge in [-0.15, -0.1) is 0 Å². The topological polar surface area (TPSA) is 38.8 Å². The van der Waals surface area contributed by atoms with Gasteiger partial charge in [0.05, 0.1) is 22.2 Å². The zero-order valence-electron chi connectivity index (χ0n) is 17.8. The summed E-state index contributed by atoms with van der Waals surface area (Å²) in [5, 5.41) is 0. The molecule has 3 aromatic rings. The summed E-state index contributed by atoms with van der Waals surface area (Å²) in [7, 11) is 1.54. The Labute approximate surface area is 209 Å². The van der Waals surface area contributed by atoms with Crippen LogP contribution in [0.25, 0.3) is 6.08 Å². The van der Waals surface area contributed by atoms with Crippen molar-refractivity contribution < 1.29 is 18.7 Å². The van der Waals surface area contributed by atoms with Crippen LogP contribution in [-0.4, -0.2) is 17.3 Å². The number of methoxy groups -OCH3 is 1. The van der Waals surface area contributed by atoms with Crippen molar-refractivity contribution in [2.45, 2.75) is 13.5 Å². The van der Waals surface area contributed by atoms with Crippen molar-refractivity contribution in [2.24, 2.45) is 0 Å². The van der Waals surface area contributed by atoms with E-state index in [0.29, 0.717) is 30.8 Å². The summed E-state index contributed by atoms with van der Waals surface area (Å²) in [6.45, 7) is 2.17. The molecule has 0 atom stereocenters. The number of thiocarbonyl (C=S) groups is 1.